The summed E-state index contributed by atoms with van der Waals surface area (Å²) in [6.45, 7) is 14.7. The van der Waals surface area contributed by atoms with E-state index in [1.165, 1.54) is 0 Å². The average molecular weight is 1510 g/mol. The van der Waals surface area contributed by atoms with Crippen molar-refractivity contribution in [2.24, 2.45) is 0 Å². The van der Waals surface area contributed by atoms with E-state index in [1.807, 2.05) is 142 Å². The number of hydrogen-bond acceptors (Lipinski definition) is 26. The van der Waals surface area contributed by atoms with E-state index in [4.69, 9.17) is 94.7 Å². The van der Waals surface area contributed by atoms with Crippen molar-refractivity contribution in [1.82, 2.24) is 69.6 Å². The standard InChI is InChI=1S/C27H29ClN8O.C15H12ClN5.C12H18ClN3O.C10H9N3.C5H4Cl2N2.CH2O3.2Na.H/c1-19-18-31-27(34-26(19)33-23-6-4-10-30-25(23)22-5-2-3-9-29-22)32-20-7-8-24(21(28)17-20)36-13-11-35(12-14-36)15-16-37;1-10-9-19-15(16)21-14(10)20-12-6-4-8-18-13(12)11-5-2-3-7-17-11;13-11-9-10(14)1-2-12(11)16-5-3-15(4-6-16)7-8-17;11-8-4-3-7-13-10(8)9-5-1-2-6-12-9;1-3-2-8-5(7)9-4(3)6;2-1-4-3;;;/h2-10,17-18,37H,11-16H2,1H3,(H2,31,32,33,34);2-9H,1H3,(H,19,20,21);1-2,9,17H,3-8,14H2;1-7H,11H2;2H,1H3;1,3H;;;/q;;;;;;2*+1;-1/p-1. The number of nitrogens with zero attached hydrogens (tertiary/aromatic N) is 16. The number of rotatable bonds is 16. The van der Waals surface area contributed by atoms with Gasteiger partial charge in [0.25, 0.3) is 6.47 Å². The van der Waals surface area contributed by atoms with E-state index in [1.54, 1.807) is 61.8 Å². The number of aliphatic hydroxyl groups excluding tert-OH is 2. The second kappa shape index (κ2) is 44.5. The van der Waals surface area contributed by atoms with Gasteiger partial charge >= 0.3 is 59.1 Å². The smallest absolute Gasteiger partial charge is 1.00 e. The van der Waals surface area contributed by atoms with E-state index in [9.17, 15) is 0 Å². The van der Waals surface area contributed by atoms with Crippen LogP contribution in [0.4, 0.5) is 57.4 Å². The molecule has 2 aliphatic heterocycles. The van der Waals surface area contributed by atoms with Crippen LogP contribution in [-0.4, -0.2) is 165 Å². The van der Waals surface area contributed by atoms with Crippen LogP contribution in [-0.2, 0) is 9.68 Å². The topological polar surface area (TPSA) is 346 Å². The largest absolute Gasteiger partial charge is 1.00 e. The molecule has 0 radical (unpaired) electrons. The van der Waals surface area contributed by atoms with E-state index >= 15 is 0 Å². The summed E-state index contributed by atoms with van der Waals surface area (Å²) in [6.07, 6.45) is 15.4. The fourth-order valence-corrected chi connectivity index (χ4v) is 10.9. The molecule has 9 N–H and O–H groups in total. The molecule has 2 aromatic carbocycles. The van der Waals surface area contributed by atoms with Crippen molar-refractivity contribution in [3.05, 3.63) is 226 Å². The van der Waals surface area contributed by atoms with Gasteiger partial charge in [0, 0.05) is 149 Å². The summed E-state index contributed by atoms with van der Waals surface area (Å²) < 4.78 is 0. The van der Waals surface area contributed by atoms with Gasteiger partial charge in [-0.05, 0) is 153 Å². The van der Waals surface area contributed by atoms with Crippen LogP contribution in [0.25, 0.3) is 34.2 Å². The maximum Gasteiger partial charge on any atom is 1.00 e. The molecule has 2 fully saturated rings. The zero-order valence-corrected chi connectivity index (χ0v) is 65.0. The number of nitrogens with two attached hydrogens (primary N) is 2. The van der Waals surface area contributed by atoms with E-state index in [0.29, 0.717) is 50.7 Å². The number of anilines is 10. The molecule has 2 aliphatic rings. The first-order valence-corrected chi connectivity index (χ1v) is 33.3. The zero-order chi connectivity index (χ0) is 71.9. The Morgan fingerprint density at radius 1 is 0.495 bits per heavy atom. The Labute approximate surface area is 667 Å². The van der Waals surface area contributed by atoms with Crippen molar-refractivity contribution in [3.8, 4) is 34.2 Å². The van der Waals surface area contributed by atoms with Crippen molar-refractivity contribution >= 4 is 122 Å². The number of nitrogen functional groups attached to an aromatic ring is 2. The molecule has 0 atom stereocenters. The number of halogens is 5. The van der Waals surface area contributed by atoms with Gasteiger partial charge in [-0.2, -0.15) is 4.98 Å². The van der Waals surface area contributed by atoms with E-state index in [-0.39, 0.29) is 90.8 Å². The van der Waals surface area contributed by atoms with Gasteiger partial charge in [0.15, 0.2) is 0 Å². The SMILES string of the molecule is Cc1cnc(Cl)nc1Cl.Cc1cnc(Cl)nc1Nc1cccnc1-c1ccccn1.Cc1cnc(Nc2ccc(N3CCN(CCO)CC3)c(Cl)c2)nc1Nc1cccnc1-c1ccccn1.Nc1ccc(N2CCN(CCO)CC2)c(Cl)c1.Nc1cccnc1-c1ccccn1.O=CO[O-].[H-].[Na+].[Na+]. The minimum atomic E-state index is -0.181. The van der Waals surface area contributed by atoms with Gasteiger partial charge in [-0.3, -0.25) is 44.5 Å². The first-order valence-electron chi connectivity index (χ1n) is 31.4. The second-order valence-electron chi connectivity index (χ2n) is 21.9. The van der Waals surface area contributed by atoms with Crippen molar-refractivity contribution in [1.29, 1.82) is 0 Å². The Bertz CT molecular complexity index is 4390. The number of piperazine rings is 2. The third-order valence-corrected chi connectivity index (χ3v) is 16.3. The molecule has 11 heterocycles. The van der Waals surface area contributed by atoms with E-state index in [2.05, 4.69) is 95.3 Å². The molecule has 103 heavy (non-hydrogen) atoms. The number of benzene rings is 2. The summed E-state index contributed by atoms with van der Waals surface area (Å²) in [6, 6.07) is 39.9. The number of β-amino-alcohol motifs (C(OH)–C–C–N with tert-alkyl or cyclic N) is 2. The van der Waals surface area contributed by atoms with Gasteiger partial charge in [-0.25, -0.2) is 24.9 Å². The number of aryl methyl sites for hydroxylation is 3. The zero-order valence-electron chi connectivity index (χ0n) is 58.2. The molecule has 0 bridgehead atoms. The van der Waals surface area contributed by atoms with Crippen LogP contribution in [0.2, 0.25) is 25.8 Å². The van der Waals surface area contributed by atoms with Crippen LogP contribution in [0.15, 0.2) is 183 Å². The van der Waals surface area contributed by atoms with Crippen molar-refractivity contribution < 1.29 is 85.7 Å². The van der Waals surface area contributed by atoms with Gasteiger partial charge in [0.1, 0.15) is 33.9 Å². The van der Waals surface area contributed by atoms with Crippen molar-refractivity contribution in [2.75, 3.05) is 116 Å². The summed E-state index contributed by atoms with van der Waals surface area (Å²) in [5, 5.41) is 38.6. The molecule has 0 aliphatic carbocycles. The average Bonchev–Trinajstić information content (AvgIpc) is 0.826. The maximum absolute atomic E-state index is 9.16. The van der Waals surface area contributed by atoms with Gasteiger partial charge < -0.3 is 59.0 Å². The molecule has 0 saturated carbocycles. The molecule has 9 aromatic heterocycles. The quantitative estimate of drug-likeness (QED) is 0.0119. The molecule has 0 unspecified atom stereocenters. The molecule has 0 amide bonds. The summed E-state index contributed by atoms with van der Waals surface area (Å²) >= 11 is 29.7. The monoisotopic (exact) mass is 1510 g/mol. The van der Waals surface area contributed by atoms with Crippen LogP contribution >= 0.6 is 58.0 Å². The Kier molecular flexibility index (Phi) is 36.2. The number of nitrogens with one attached hydrogen (secondary N) is 3. The summed E-state index contributed by atoms with van der Waals surface area (Å²) in [5.41, 5.74) is 24.5. The minimum absolute atomic E-state index is 0. The van der Waals surface area contributed by atoms with Crippen molar-refractivity contribution in [3.63, 3.8) is 0 Å². The van der Waals surface area contributed by atoms with Crippen LogP contribution in [0, 0.1) is 20.8 Å². The van der Waals surface area contributed by atoms with Gasteiger partial charge in [0.2, 0.25) is 16.5 Å². The van der Waals surface area contributed by atoms with Gasteiger partial charge in [0.05, 0.1) is 68.8 Å². The Hall–Kier alpha value is -8.10. The van der Waals surface area contributed by atoms with Crippen LogP contribution in [0.1, 0.15) is 18.1 Å². The number of aromatic nitrogens is 12. The first kappa shape index (κ1) is 83.8. The minimum Gasteiger partial charge on any atom is -1.00 e. The summed E-state index contributed by atoms with van der Waals surface area (Å²) in [5.74, 6) is 1.78. The van der Waals surface area contributed by atoms with Crippen LogP contribution in [0.5, 0.6) is 0 Å². The number of hydrogen-bond donors (Lipinski definition) is 7. The summed E-state index contributed by atoms with van der Waals surface area (Å²) in [7, 11) is 0. The molecule has 2 saturated heterocycles. The molecular formula is C70H74Cl5N21Na2O5. The van der Waals surface area contributed by atoms with Gasteiger partial charge in [-0.15, -0.1) is 0 Å². The molecule has 33 heteroatoms. The molecule has 0 spiro atoms. The maximum atomic E-state index is 9.16. The summed E-state index contributed by atoms with van der Waals surface area (Å²) in [4.78, 5) is 71.0. The van der Waals surface area contributed by atoms with E-state index < -0.39 is 0 Å². The number of pyridine rings is 6. The fraction of sp³-hybridized carbons (Fsp3) is 0.214. The van der Waals surface area contributed by atoms with Crippen LogP contribution < -0.4 is 102 Å². The Morgan fingerprint density at radius 3 is 1.36 bits per heavy atom. The predicted molar refractivity (Wildman–Crippen MR) is 399 cm³/mol. The number of carbonyl (C=O) groups excluding carboxylic acids is 1. The van der Waals surface area contributed by atoms with E-state index in [0.717, 1.165) is 138 Å². The molecule has 11 aromatic rings. The third-order valence-electron chi connectivity index (χ3n) is 15.0. The Morgan fingerprint density at radius 2 is 0.922 bits per heavy atom. The molecule has 13 rings (SSSR count). The predicted octanol–water partition coefficient (Wildman–Crippen LogP) is 5.55. The van der Waals surface area contributed by atoms with Crippen LogP contribution in [0.3, 0.4) is 0 Å². The second-order valence-corrected chi connectivity index (χ2v) is 23.8. The van der Waals surface area contributed by atoms with Gasteiger partial charge in [-0.1, -0.05) is 53.0 Å². The molecule has 26 nitrogen and oxygen atoms in total. The fourth-order valence-electron chi connectivity index (χ4n) is 9.85. The third kappa shape index (κ3) is 26.5. The van der Waals surface area contributed by atoms with Crippen molar-refractivity contribution in [2.45, 2.75) is 20.8 Å². The normalized spacial score (nSPS) is 12.3. The number of carbonyl (C=O) groups is 1. The Balaban J connectivity index is 0.000000247. The molecule has 526 valence electrons. The first-order chi connectivity index (χ1) is 49.0. The number of aliphatic hydroxyl groups is 2. The molecular weight excluding hydrogens is 1440 g/mol.